The number of anilines is 1. The summed E-state index contributed by atoms with van der Waals surface area (Å²) in [5, 5.41) is 0. The van der Waals surface area contributed by atoms with Crippen LogP contribution in [-0.2, 0) is 13.0 Å². The van der Waals surface area contributed by atoms with Crippen LogP contribution in [0.1, 0.15) is 11.1 Å². The van der Waals surface area contributed by atoms with Crippen LogP contribution in [0.4, 0.5) is 5.69 Å². The smallest absolute Gasteiger partial charge is 0.0713 e. The Kier molecular flexibility index (Phi) is 4.37. The molecule has 0 bridgehead atoms. The lowest BCUT2D eigenvalue weighted by Crippen LogP contribution is -2.43. The van der Waals surface area contributed by atoms with Crippen molar-refractivity contribution in [3.63, 3.8) is 0 Å². The molecule has 0 N–H and O–H groups in total. The van der Waals surface area contributed by atoms with Gasteiger partial charge in [0.15, 0.2) is 0 Å². The van der Waals surface area contributed by atoms with Crippen LogP contribution in [0.15, 0.2) is 67.3 Å². The molecule has 2 aromatic rings. The lowest BCUT2D eigenvalue weighted by Gasteiger charge is -2.38. The van der Waals surface area contributed by atoms with Crippen LogP contribution in [-0.4, -0.2) is 24.7 Å². The first-order valence-electron chi connectivity index (χ1n) is 7.57. The Hall–Kier alpha value is -2.06. The summed E-state index contributed by atoms with van der Waals surface area (Å²) in [6.45, 7) is 7.90. The highest BCUT2D eigenvalue weighted by atomic mass is 15.3. The van der Waals surface area contributed by atoms with E-state index in [1.807, 2.05) is 6.08 Å². The van der Waals surface area contributed by atoms with Gasteiger partial charge < -0.3 is 4.90 Å². The minimum Gasteiger partial charge on any atom is -0.355 e. The van der Waals surface area contributed by atoms with E-state index in [0.29, 0.717) is 0 Å². The summed E-state index contributed by atoms with van der Waals surface area (Å²) in [5.74, 6) is 0. The maximum Gasteiger partial charge on any atom is 0.0713 e. The number of nitrogens with zero attached hydrogens (tertiary/aromatic N) is 2. The molecule has 21 heavy (non-hydrogen) atoms. The second-order valence-electron chi connectivity index (χ2n) is 5.57. The zero-order valence-corrected chi connectivity index (χ0v) is 12.4. The monoisotopic (exact) mass is 278 g/mol. The van der Waals surface area contributed by atoms with Crippen molar-refractivity contribution in [1.82, 2.24) is 4.90 Å². The van der Waals surface area contributed by atoms with E-state index in [4.69, 9.17) is 0 Å². The maximum absolute atomic E-state index is 3.89. The lowest BCUT2D eigenvalue weighted by atomic mass is 10.1. The minimum absolute atomic E-state index is 0.902. The summed E-state index contributed by atoms with van der Waals surface area (Å²) >= 11 is 0. The molecule has 0 amide bonds. The van der Waals surface area contributed by atoms with Crippen LogP contribution >= 0.6 is 0 Å². The van der Waals surface area contributed by atoms with Crippen molar-refractivity contribution in [3.05, 3.63) is 78.4 Å². The summed E-state index contributed by atoms with van der Waals surface area (Å²) < 4.78 is 0. The fourth-order valence-corrected chi connectivity index (χ4v) is 2.96. The molecule has 0 atom stereocenters. The van der Waals surface area contributed by atoms with Crippen molar-refractivity contribution in [2.45, 2.75) is 13.0 Å². The van der Waals surface area contributed by atoms with Gasteiger partial charge in [-0.1, -0.05) is 54.6 Å². The fourth-order valence-electron chi connectivity index (χ4n) is 2.96. The molecule has 1 aliphatic heterocycles. The van der Waals surface area contributed by atoms with Gasteiger partial charge >= 0.3 is 0 Å². The van der Waals surface area contributed by atoms with Crippen LogP contribution in [0, 0.1) is 0 Å². The van der Waals surface area contributed by atoms with Gasteiger partial charge in [-0.2, -0.15) is 0 Å². The van der Waals surface area contributed by atoms with Crippen LogP contribution in [0.5, 0.6) is 0 Å². The number of hydrogen-bond donors (Lipinski definition) is 0. The van der Waals surface area contributed by atoms with E-state index < -0.39 is 0 Å². The van der Waals surface area contributed by atoms with E-state index in [1.54, 1.807) is 0 Å². The molecule has 2 nitrogen and oxygen atoms in total. The van der Waals surface area contributed by atoms with E-state index in [2.05, 4.69) is 71.0 Å². The van der Waals surface area contributed by atoms with Gasteiger partial charge in [-0.15, -0.1) is 6.58 Å². The molecule has 3 rings (SSSR count). The van der Waals surface area contributed by atoms with Gasteiger partial charge in [0, 0.05) is 25.3 Å². The number of para-hydroxylation sites is 1. The third-order valence-electron chi connectivity index (χ3n) is 4.01. The normalized spacial score (nSPS) is 14.8. The van der Waals surface area contributed by atoms with Gasteiger partial charge in [0.25, 0.3) is 0 Å². The number of hydrogen-bond acceptors (Lipinski definition) is 2. The first-order valence-corrected chi connectivity index (χ1v) is 7.57. The standard InChI is InChI=1S/C19H22N2/c1-2-13-21-16-20(14-12-17-8-4-3-5-9-17)15-18-10-6-7-11-19(18)21/h2-11H,1,12-16H2. The Morgan fingerprint density at radius 2 is 1.76 bits per heavy atom. The summed E-state index contributed by atoms with van der Waals surface area (Å²) in [5.41, 5.74) is 4.18. The Morgan fingerprint density at radius 3 is 2.57 bits per heavy atom. The Bertz CT molecular complexity index is 592. The Morgan fingerprint density at radius 1 is 1.00 bits per heavy atom. The lowest BCUT2D eigenvalue weighted by molar-refractivity contribution is 0.257. The topological polar surface area (TPSA) is 6.48 Å². The second kappa shape index (κ2) is 6.59. The molecule has 2 heteroatoms. The van der Waals surface area contributed by atoms with Gasteiger partial charge in [0.05, 0.1) is 6.67 Å². The van der Waals surface area contributed by atoms with Gasteiger partial charge in [-0.05, 0) is 23.6 Å². The summed E-state index contributed by atoms with van der Waals surface area (Å²) in [7, 11) is 0. The molecule has 108 valence electrons. The molecule has 0 saturated carbocycles. The average Bonchev–Trinajstić information content (AvgIpc) is 2.54. The predicted molar refractivity (Wildman–Crippen MR) is 89.4 cm³/mol. The van der Waals surface area contributed by atoms with Gasteiger partial charge in [-0.3, -0.25) is 4.90 Å². The third-order valence-corrected chi connectivity index (χ3v) is 4.01. The van der Waals surface area contributed by atoms with Gasteiger partial charge in [-0.25, -0.2) is 0 Å². The molecule has 0 unspecified atom stereocenters. The molecular formula is C19H22N2. The number of rotatable bonds is 5. The Balaban J connectivity index is 1.69. The van der Waals surface area contributed by atoms with E-state index in [9.17, 15) is 0 Å². The highest BCUT2D eigenvalue weighted by Crippen LogP contribution is 2.26. The van der Waals surface area contributed by atoms with Gasteiger partial charge in [0.1, 0.15) is 0 Å². The van der Waals surface area contributed by atoms with Crippen molar-refractivity contribution in [2.75, 3.05) is 24.7 Å². The van der Waals surface area contributed by atoms with E-state index in [0.717, 1.165) is 32.7 Å². The quantitative estimate of drug-likeness (QED) is 0.770. The summed E-state index contributed by atoms with van der Waals surface area (Å²) in [6, 6.07) is 19.4. The van der Waals surface area contributed by atoms with Crippen molar-refractivity contribution in [1.29, 1.82) is 0 Å². The average molecular weight is 278 g/mol. The number of benzene rings is 2. The minimum atomic E-state index is 0.902. The van der Waals surface area contributed by atoms with E-state index in [-0.39, 0.29) is 0 Å². The molecule has 0 saturated heterocycles. The SMILES string of the molecule is C=CCN1CN(CCc2ccccc2)Cc2ccccc21. The zero-order valence-electron chi connectivity index (χ0n) is 12.4. The summed E-state index contributed by atoms with van der Waals surface area (Å²) in [4.78, 5) is 4.91. The highest BCUT2D eigenvalue weighted by molar-refractivity contribution is 5.55. The highest BCUT2D eigenvalue weighted by Gasteiger charge is 2.20. The molecule has 0 fully saturated rings. The molecule has 2 aromatic carbocycles. The number of fused-ring (bicyclic) bond motifs is 1. The molecule has 0 aromatic heterocycles. The molecule has 1 heterocycles. The van der Waals surface area contributed by atoms with Crippen molar-refractivity contribution < 1.29 is 0 Å². The first kappa shape index (κ1) is 13.9. The maximum atomic E-state index is 3.89. The molecule has 0 spiro atoms. The fraction of sp³-hybridized carbons (Fsp3) is 0.263. The first-order chi connectivity index (χ1) is 10.4. The van der Waals surface area contributed by atoms with Crippen LogP contribution in [0.25, 0.3) is 0 Å². The molecule has 0 aliphatic carbocycles. The van der Waals surface area contributed by atoms with E-state index in [1.165, 1.54) is 16.8 Å². The van der Waals surface area contributed by atoms with Gasteiger partial charge in [0.2, 0.25) is 0 Å². The van der Waals surface area contributed by atoms with Crippen molar-refractivity contribution in [3.8, 4) is 0 Å². The third kappa shape index (κ3) is 3.34. The molecular weight excluding hydrogens is 256 g/mol. The summed E-state index contributed by atoms with van der Waals surface area (Å²) in [6.07, 6.45) is 3.09. The van der Waals surface area contributed by atoms with Crippen LogP contribution in [0.3, 0.4) is 0 Å². The largest absolute Gasteiger partial charge is 0.355 e. The second-order valence-corrected chi connectivity index (χ2v) is 5.57. The van der Waals surface area contributed by atoms with Crippen LogP contribution < -0.4 is 4.90 Å². The predicted octanol–water partition coefficient (Wildman–Crippen LogP) is 3.69. The molecule has 0 radical (unpaired) electrons. The van der Waals surface area contributed by atoms with Crippen molar-refractivity contribution >= 4 is 5.69 Å². The van der Waals surface area contributed by atoms with Crippen molar-refractivity contribution in [2.24, 2.45) is 0 Å². The van der Waals surface area contributed by atoms with E-state index >= 15 is 0 Å². The zero-order chi connectivity index (χ0) is 14.5. The molecule has 1 aliphatic rings. The Labute approximate surface area is 127 Å². The van der Waals surface area contributed by atoms with Crippen LogP contribution in [0.2, 0.25) is 0 Å².